The fourth-order valence-electron chi connectivity index (χ4n) is 3.41. The molecule has 0 amide bonds. The predicted molar refractivity (Wildman–Crippen MR) is 92.1 cm³/mol. The van der Waals surface area contributed by atoms with Crippen LogP contribution in [0.2, 0.25) is 13.1 Å². The van der Waals surface area contributed by atoms with E-state index in [1.807, 2.05) is 13.1 Å². The summed E-state index contributed by atoms with van der Waals surface area (Å²) in [7, 11) is 1.23. The smallest absolute Gasteiger partial charge is 0.138 e. The van der Waals surface area contributed by atoms with E-state index < -0.39 is 8.41 Å². The molecule has 3 heteroatoms. The van der Waals surface area contributed by atoms with Crippen LogP contribution >= 0.6 is 0 Å². The lowest BCUT2D eigenvalue weighted by atomic mass is 9.82. The van der Waals surface area contributed by atoms with Gasteiger partial charge in [-0.1, -0.05) is 55.6 Å². The summed E-state index contributed by atoms with van der Waals surface area (Å²) in [6, 6.07) is 8.60. The third kappa shape index (κ3) is 2.32. The molecule has 2 N–H and O–H groups in total. The molecule has 3 rings (SSSR count). The summed E-state index contributed by atoms with van der Waals surface area (Å²) in [5, 5.41) is 14.7. The average Bonchev–Trinajstić information content (AvgIpc) is 2.90. The summed E-state index contributed by atoms with van der Waals surface area (Å²) in [5.74, 6) is 1.08. The molecule has 0 heterocycles. The fourth-order valence-corrected chi connectivity index (χ4v) is 5.11. The molecule has 0 radical (unpaired) electrons. The largest absolute Gasteiger partial charge is 0.506 e. The Bertz CT molecular complexity index is 693. The summed E-state index contributed by atoms with van der Waals surface area (Å²) in [6.45, 7) is 4.59. The van der Waals surface area contributed by atoms with Crippen LogP contribution in [0.5, 0.6) is 0 Å². The maximum atomic E-state index is 10.2. The monoisotopic (exact) mass is 295 g/mol. The van der Waals surface area contributed by atoms with Crippen LogP contribution in [0.4, 0.5) is 0 Å². The Labute approximate surface area is 127 Å². The van der Waals surface area contributed by atoms with Crippen molar-refractivity contribution in [2.24, 2.45) is 5.92 Å². The minimum Gasteiger partial charge on any atom is -0.506 e. The SMILES string of the molecule is CNC1=C(O)C=CC(C2C=Cc3ccccc32)C1=[Si](C)C. The van der Waals surface area contributed by atoms with Gasteiger partial charge in [0.15, 0.2) is 0 Å². The van der Waals surface area contributed by atoms with E-state index in [-0.39, 0.29) is 0 Å². The lowest BCUT2D eigenvalue weighted by Crippen LogP contribution is -2.34. The van der Waals surface area contributed by atoms with E-state index in [9.17, 15) is 5.11 Å². The average molecular weight is 295 g/mol. The van der Waals surface area contributed by atoms with Crippen LogP contribution in [0.3, 0.4) is 0 Å². The molecule has 0 saturated heterocycles. The number of fused-ring (bicyclic) bond motifs is 1. The van der Waals surface area contributed by atoms with Gasteiger partial charge in [0.05, 0.1) is 5.70 Å². The number of nitrogens with one attached hydrogen (secondary N) is 1. The van der Waals surface area contributed by atoms with E-state index in [2.05, 4.69) is 60.9 Å². The molecule has 0 fully saturated rings. The van der Waals surface area contributed by atoms with Crippen molar-refractivity contribution in [2.75, 3.05) is 7.05 Å². The Morgan fingerprint density at radius 2 is 1.76 bits per heavy atom. The first-order chi connectivity index (χ1) is 10.1. The maximum Gasteiger partial charge on any atom is 0.138 e. The number of allylic oxidation sites excluding steroid dienone is 4. The van der Waals surface area contributed by atoms with Crippen molar-refractivity contribution in [2.45, 2.75) is 19.0 Å². The molecule has 0 spiro atoms. The van der Waals surface area contributed by atoms with Crippen molar-refractivity contribution in [1.29, 1.82) is 0 Å². The first-order valence-corrected chi connectivity index (χ1v) is 9.87. The highest BCUT2D eigenvalue weighted by Gasteiger charge is 2.31. The van der Waals surface area contributed by atoms with Crippen LogP contribution in [0, 0.1) is 5.92 Å². The quantitative estimate of drug-likeness (QED) is 0.819. The number of rotatable bonds is 2. The van der Waals surface area contributed by atoms with E-state index in [0.717, 1.165) is 5.70 Å². The Hall–Kier alpha value is -1.87. The van der Waals surface area contributed by atoms with Crippen LogP contribution in [0.25, 0.3) is 6.08 Å². The Morgan fingerprint density at radius 3 is 2.48 bits per heavy atom. The molecule has 2 aliphatic carbocycles. The molecule has 2 aliphatic rings. The number of hydrogen-bond acceptors (Lipinski definition) is 2. The lowest BCUT2D eigenvalue weighted by Gasteiger charge is -2.30. The van der Waals surface area contributed by atoms with E-state index in [1.165, 1.54) is 16.3 Å². The third-order valence-corrected chi connectivity index (χ3v) is 5.99. The van der Waals surface area contributed by atoms with Crippen LogP contribution < -0.4 is 5.32 Å². The number of hydrogen-bond donors (Lipinski definition) is 2. The van der Waals surface area contributed by atoms with Gasteiger partial charge in [0.25, 0.3) is 0 Å². The summed E-state index contributed by atoms with van der Waals surface area (Å²) in [5.41, 5.74) is 3.64. The highest BCUT2D eigenvalue weighted by Crippen LogP contribution is 2.39. The molecule has 21 heavy (non-hydrogen) atoms. The van der Waals surface area contributed by atoms with Crippen molar-refractivity contribution >= 4 is 19.7 Å². The molecule has 2 atom stereocenters. The van der Waals surface area contributed by atoms with Gasteiger partial charge < -0.3 is 10.4 Å². The Morgan fingerprint density at radius 1 is 1.05 bits per heavy atom. The van der Waals surface area contributed by atoms with Gasteiger partial charge in [-0.25, -0.2) is 0 Å². The molecular formula is C18H21NOSi. The first kappa shape index (κ1) is 14.1. The van der Waals surface area contributed by atoms with Crippen molar-refractivity contribution < 1.29 is 5.11 Å². The molecule has 2 unspecified atom stereocenters. The van der Waals surface area contributed by atoms with Gasteiger partial charge in [-0.15, -0.1) is 0 Å². The fraction of sp³-hybridized carbons (Fsp3) is 0.278. The summed E-state index contributed by atoms with van der Waals surface area (Å²) in [4.78, 5) is 0. The second-order valence-electron chi connectivity index (χ2n) is 5.82. The topological polar surface area (TPSA) is 32.3 Å². The molecule has 1 aromatic rings. The van der Waals surface area contributed by atoms with Crippen molar-refractivity contribution in [3.05, 3.63) is 65.1 Å². The standard InChI is InChI=1S/C18H21NOSi/c1-19-17-16(20)11-10-15(18(17)21(2)3)14-9-8-12-6-4-5-7-13(12)14/h4-11,14-15,19-20H,1-3H3. The minimum absolute atomic E-state index is 0.340. The first-order valence-electron chi connectivity index (χ1n) is 7.37. The highest BCUT2D eigenvalue weighted by molar-refractivity contribution is 6.72. The van der Waals surface area contributed by atoms with E-state index in [1.54, 1.807) is 0 Å². The van der Waals surface area contributed by atoms with Crippen molar-refractivity contribution in [3.8, 4) is 0 Å². The van der Waals surface area contributed by atoms with Gasteiger partial charge in [-0.2, -0.15) is 0 Å². The molecule has 0 saturated carbocycles. The highest BCUT2D eigenvalue weighted by atomic mass is 28.2. The molecule has 0 aliphatic heterocycles. The molecular weight excluding hydrogens is 274 g/mol. The number of aliphatic hydroxyl groups is 1. The van der Waals surface area contributed by atoms with Crippen LogP contribution in [-0.2, 0) is 0 Å². The van der Waals surface area contributed by atoms with Gasteiger partial charge in [-0.3, -0.25) is 0 Å². The second kappa shape index (κ2) is 5.49. The van der Waals surface area contributed by atoms with Crippen LogP contribution in [0.1, 0.15) is 17.0 Å². The predicted octanol–water partition coefficient (Wildman–Crippen LogP) is 3.48. The van der Waals surface area contributed by atoms with Gasteiger partial charge in [0.2, 0.25) is 0 Å². The van der Waals surface area contributed by atoms with Crippen LogP contribution in [-0.4, -0.2) is 25.7 Å². The summed E-state index contributed by atoms with van der Waals surface area (Å²) in [6.07, 6.45) is 8.54. The summed E-state index contributed by atoms with van der Waals surface area (Å²) >= 11 is 0. The number of aliphatic hydroxyl groups excluding tert-OH is 1. The molecule has 108 valence electrons. The number of benzene rings is 1. The molecule has 2 nitrogen and oxygen atoms in total. The zero-order valence-electron chi connectivity index (χ0n) is 12.7. The molecule has 0 aromatic heterocycles. The van der Waals surface area contributed by atoms with Crippen molar-refractivity contribution in [1.82, 2.24) is 5.32 Å². The zero-order valence-corrected chi connectivity index (χ0v) is 13.7. The zero-order chi connectivity index (χ0) is 15.0. The van der Waals surface area contributed by atoms with Gasteiger partial charge >= 0.3 is 0 Å². The van der Waals surface area contributed by atoms with Gasteiger partial charge in [-0.05, 0) is 22.4 Å². The van der Waals surface area contributed by atoms with Gasteiger partial charge in [0.1, 0.15) is 5.76 Å². The van der Waals surface area contributed by atoms with E-state index in [0.29, 0.717) is 17.6 Å². The van der Waals surface area contributed by atoms with E-state index >= 15 is 0 Å². The third-order valence-electron chi connectivity index (χ3n) is 4.33. The second-order valence-corrected chi connectivity index (χ2v) is 8.36. The van der Waals surface area contributed by atoms with Gasteiger partial charge in [0, 0.05) is 27.3 Å². The Kier molecular flexibility index (Phi) is 3.68. The lowest BCUT2D eigenvalue weighted by molar-refractivity contribution is 0.421. The molecule has 1 aromatic carbocycles. The Balaban J connectivity index is 2.07. The normalized spacial score (nSPS) is 23.5. The van der Waals surface area contributed by atoms with Crippen molar-refractivity contribution in [3.63, 3.8) is 0 Å². The maximum absolute atomic E-state index is 10.2. The molecule has 0 bridgehead atoms. The summed E-state index contributed by atoms with van der Waals surface area (Å²) < 4.78 is 0. The van der Waals surface area contributed by atoms with Crippen LogP contribution in [0.15, 0.2) is 53.9 Å². The minimum atomic E-state index is -0.663. The van der Waals surface area contributed by atoms with E-state index in [4.69, 9.17) is 0 Å².